The molecule has 1 aliphatic rings. The zero-order valence-electron chi connectivity index (χ0n) is 24.5. The molecule has 0 radical (unpaired) electrons. The zero-order chi connectivity index (χ0) is 32.0. The molecular formula is C29H32F3N5O6. The number of fused-ring (bicyclic) bond motifs is 1. The first-order chi connectivity index (χ1) is 20.0. The summed E-state index contributed by atoms with van der Waals surface area (Å²) < 4.78 is 48.6. The molecule has 11 nitrogen and oxygen atoms in total. The van der Waals surface area contributed by atoms with Gasteiger partial charge in [0.15, 0.2) is 0 Å². The van der Waals surface area contributed by atoms with E-state index >= 15 is 0 Å². The lowest BCUT2D eigenvalue weighted by molar-refractivity contribution is -0.153. The van der Waals surface area contributed by atoms with Crippen molar-refractivity contribution < 1.29 is 37.1 Å². The maximum Gasteiger partial charge on any atom is 0.416 e. The zero-order valence-corrected chi connectivity index (χ0v) is 24.5. The van der Waals surface area contributed by atoms with Gasteiger partial charge in [-0.25, -0.2) is 14.4 Å². The van der Waals surface area contributed by atoms with Crippen LogP contribution in [-0.2, 0) is 45.9 Å². The number of aromatic nitrogens is 2. The molecule has 4 rings (SSSR count). The quantitative estimate of drug-likeness (QED) is 0.327. The molecule has 4 amide bonds. The van der Waals surface area contributed by atoms with E-state index in [1.165, 1.54) is 42.0 Å². The van der Waals surface area contributed by atoms with Crippen LogP contribution >= 0.6 is 0 Å². The number of hydrogen-bond acceptors (Lipinski definition) is 6. The van der Waals surface area contributed by atoms with Crippen LogP contribution in [0.5, 0.6) is 0 Å². The van der Waals surface area contributed by atoms with Gasteiger partial charge in [0.05, 0.1) is 29.7 Å². The van der Waals surface area contributed by atoms with Crippen molar-refractivity contribution in [3.05, 3.63) is 63.6 Å². The fourth-order valence-corrected chi connectivity index (χ4v) is 5.08. The van der Waals surface area contributed by atoms with Crippen molar-refractivity contribution >= 4 is 40.5 Å². The molecule has 1 atom stereocenters. The van der Waals surface area contributed by atoms with Crippen molar-refractivity contribution in [3.8, 4) is 0 Å². The van der Waals surface area contributed by atoms with Crippen molar-refractivity contribution in [3.63, 3.8) is 0 Å². The highest BCUT2D eigenvalue weighted by atomic mass is 19.4. The first-order valence-corrected chi connectivity index (χ1v) is 13.4. The molecule has 1 N–H and O–H groups in total. The van der Waals surface area contributed by atoms with Crippen molar-refractivity contribution in [1.82, 2.24) is 19.4 Å². The molecule has 2 heterocycles. The number of amides is 4. The highest BCUT2D eigenvalue weighted by molar-refractivity contribution is 6.14. The molecule has 0 aliphatic carbocycles. The third kappa shape index (κ3) is 5.73. The van der Waals surface area contributed by atoms with E-state index in [0.29, 0.717) is 11.0 Å². The van der Waals surface area contributed by atoms with Crippen LogP contribution in [0.2, 0.25) is 0 Å². The van der Waals surface area contributed by atoms with Gasteiger partial charge in [-0.1, -0.05) is 12.1 Å². The van der Waals surface area contributed by atoms with Gasteiger partial charge in [0.2, 0.25) is 11.8 Å². The van der Waals surface area contributed by atoms with Gasteiger partial charge >= 0.3 is 23.9 Å². The number of imide groups is 1. The SMILES string of the molecule is CCOC(=O)C(C)(C)NC(=O)C1CN(c2ccc3c(c2)n(C)c(=O)n3C)C(=O)N(Cc2cccc(C(F)(F)F)c2C)C1=O. The van der Waals surface area contributed by atoms with Gasteiger partial charge in [0.25, 0.3) is 0 Å². The number of nitrogens with zero attached hydrogens (tertiary/aromatic N) is 4. The van der Waals surface area contributed by atoms with E-state index in [2.05, 4.69) is 5.32 Å². The number of halogens is 3. The number of anilines is 1. The number of rotatable bonds is 7. The van der Waals surface area contributed by atoms with Crippen molar-refractivity contribution in [1.29, 1.82) is 0 Å². The average Bonchev–Trinajstić information content (AvgIpc) is 3.14. The van der Waals surface area contributed by atoms with Crippen LogP contribution in [0.4, 0.5) is 23.7 Å². The monoisotopic (exact) mass is 603 g/mol. The summed E-state index contributed by atoms with van der Waals surface area (Å²) in [4.78, 5) is 67.7. The van der Waals surface area contributed by atoms with Crippen molar-refractivity contribution in [2.24, 2.45) is 20.0 Å². The molecule has 3 aromatic rings. The number of aryl methyl sites for hydroxylation is 2. The number of ether oxygens (including phenoxy) is 1. The Kier molecular flexibility index (Phi) is 8.18. The van der Waals surface area contributed by atoms with E-state index in [0.717, 1.165) is 15.9 Å². The number of nitrogens with one attached hydrogen (secondary N) is 1. The Labute approximate surface area is 244 Å². The third-order valence-corrected chi connectivity index (χ3v) is 7.58. The molecule has 1 aliphatic heterocycles. The van der Waals surface area contributed by atoms with E-state index in [4.69, 9.17) is 4.74 Å². The van der Waals surface area contributed by atoms with Crippen molar-refractivity contribution in [2.45, 2.75) is 46.0 Å². The van der Waals surface area contributed by atoms with E-state index in [-0.39, 0.29) is 29.1 Å². The first-order valence-electron chi connectivity index (χ1n) is 13.4. The third-order valence-electron chi connectivity index (χ3n) is 7.58. The molecule has 1 unspecified atom stereocenters. The molecule has 230 valence electrons. The molecule has 0 bridgehead atoms. The van der Waals surface area contributed by atoms with Crippen LogP contribution in [0.3, 0.4) is 0 Å². The molecule has 2 aromatic carbocycles. The number of benzene rings is 2. The topological polar surface area (TPSA) is 123 Å². The lowest BCUT2D eigenvalue weighted by Crippen LogP contribution is -2.62. The highest BCUT2D eigenvalue weighted by Gasteiger charge is 2.46. The Balaban J connectivity index is 1.78. The van der Waals surface area contributed by atoms with Gasteiger partial charge in [0, 0.05) is 26.3 Å². The summed E-state index contributed by atoms with van der Waals surface area (Å²) in [5.74, 6) is -4.08. The molecule has 14 heteroatoms. The number of hydrogen-bond donors (Lipinski definition) is 1. The Bertz CT molecular complexity index is 1690. The highest BCUT2D eigenvalue weighted by Crippen LogP contribution is 2.34. The number of carbonyl (C=O) groups is 4. The maximum absolute atomic E-state index is 13.8. The van der Waals surface area contributed by atoms with Gasteiger partial charge in [-0.3, -0.25) is 28.5 Å². The minimum absolute atomic E-state index is 0.0529. The summed E-state index contributed by atoms with van der Waals surface area (Å²) in [5.41, 5.74) is -1.57. The van der Waals surface area contributed by atoms with E-state index < -0.39 is 60.1 Å². The van der Waals surface area contributed by atoms with E-state index in [1.807, 2.05) is 0 Å². The largest absolute Gasteiger partial charge is 0.464 e. The van der Waals surface area contributed by atoms with Gasteiger partial charge < -0.3 is 10.1 Å². The summed E-state index contributed by atoms with van der Waals surface area (Å²) in [5, 5.41) is 2.51. The van der Waals surface area contributed by atoms with Crippen LogP contribution < -0.4 is 15.9 Å². The molecular weight excluding hydrogens is 571 g/mol. The van der Waals surface area contributed by atoms with Crippen LogP contribution in [0.1, 0.15) is 37.5 Å². The molecule has 43 heavy (non-hydrogen) atoms. The number of esters is 1. The molecule has 1 aromatic heterocycles. The Morgan fingerprint density at radius 1 is 1.02 bits per heavy atom. The fourth-order valence-electron chi connectivity index (χ4n) is 5.08. The number of imidazole rings is 1. The molecule has 1 fully saturated rings. The predicted octanol–water partition coefficient (Wildman–Crippen LogP) is 3.25. The smallest absolute Gasteiger partial charge is 0.416 e. The predicted molar refractivity (Wildman–Crippen MR) is 150 cm³/mol. The number of alkyl halides is 3. The summed E-state index contributed by atoms with van der Waals surface area (Å²) in [6, 6.07) is 7.28. The normalized spacial score (nSPS) is 16.2. The Morgan fingerprint density at radius 2 is 1.67 bits per heavy atom. The van der Waals surface area contributed by atoms with Crippen LogP contribution in [0, 0.1) is 12.8 Å². The lowest BCUT2D eigenvalue weighted by Gasteiger charge is -2.39. The second-order valence-electron chi connectivity index (χ2n) is 10.9. The van der Waals surface area contributed by atoms with Gasteiger partial charge in [0.1, 0.15) is 11.5 Å². The second kappa shape index (κ2) is 11.2. The summed E-state index contributed by atoms with van der Waals surface area (Å²) >= 11 is 0. The fraction of sp³-hybridized carbons (Fsp3) is 0.414. The molecule has 0 spiro atoms. The van der Waals surface area contributed by atoms with Crippen LogP contribution in [0.25, 0.3) is 11.0 Å². The Morgan fingerprint density at radius 3 is 2.30 bits per heavy atom. The summed E-state index contributed by atoms with van der Waals surface area (Å²) in [6.45, 7) is 4.71. The standard InChI is InChI=1S/C29H32F3N5O6/c1-7-43-25(40)28(3,4)33-23(38)19-15-36(18-11-12-21-22(13-18)35(6)26(41)34(21)5)27(42)37(24(19)39)14-17-9-8-10-20(16(17)2)29(30,31)32/h8-13,19H,7,14-15H2,1-6H3,(H,33,38). The van der Waals surface area contributed by atoms with Gasteiger partial charge in [-0.2, -0.15) is 13.2 Å². The molecule has 0 saturated carbocycles. The summed E-state index contributed by atoms with van der Waals surface area (Å²) in [7, 11) is 3.13. The average molecular weight is 604 g/mol. The molecule has 1 saturated heterocycles. The maximum atomic E-state index is 13.8. The second-order valence-corrected chi connectivity index (χ2v) is 10.9. The minimum atomic E-state index is -4.66. The van der Waals surface area contributed by atoms with Gasteiger partial charge in [-0.15, -0.1) is 0 Å². The van der Waals surface area contributed by atoms with Crippen LogP contribution in [0.15, 0.2) is 41.2 Å². The first kappa shape index (κ1) is 31.3. The van der Waals surface area contributed by atoms with E-state index in [9.17, 15) is 37.1 Å². The van der Waals surface area contributed by atoms with Crippen LogP contribution in [-0.4, -0.2) is 56.5 Å². The van der Waals surface area contributed by atoms with E-state index in [1.54, 1.807) is 39.2 Å². The minimum Gasteiger partial charge on any atom is -0.464 e. The Hall–Kier alpha value is -4.62. The van der Waals surface area contributed by atoms with Crippen molar-refractivity contribution in [2.75, 3.05) is 18.1 Å². The number of urea groups is 1. The van der Waals surface area contributed by atoms with Gasteiger partial charge in [-0.05, 0) is 63.1 Å². The lowest BCUT2D eigenvalue weighted by atomic mass is 9.97. The number of carbonyl (C=O) groups excluding carboxylic acids is 4. The summed E-state index contributed by atoms with van der Waals surface area (Å²) in [6.07, 6.45) is -4.66.